The Morgan fingerprint density at radius 1 is 1.24 bits per heavy atom. The third kappa shape index (κ3) is 2.54. The maximum atomic E-state index is 11.2. The summed E-state index contributed by atoms with van der Waals surface area (Å²) in [5, 5.41) is 9.66. The summed E-state index contributed by atoms with van der Waals surface area (Å²) in [7, 11) is 0. The Hall–Kier alpha value is -1.85. The van der Waals surface area contributed by atoms with Crippen molar-refractivity contribution in [3.05, 3.63) is 52.0 Å². The minimum absolute atomic E-state index is 0.168. The molecule has 0 aliphatic heterocycles. The van der Waals surface area contributed by atoms with E-state index in [1.54, 1.807) is 4.57 Å². The maximum Gasteiger partial charge on any atom is 0.323 e. The first-order chi connectivity index (χ1) is 10.1. The number of aromatic nitrogens is 2. The molecule has 0 unspecified atom stereocenters. The highest BCUT2D eigenvalue weighted by molar-refractivity contribution is 9.10. The molecule has 0 aliphatic rings. The van der Waals surface area contributed by atoms with E-state index in [4.69, 9.17) is 16.7 Å². The number of para-hydroxylation sites is 2. The second-order valence-electron chi connectivity index (χ2n) is 4.51. The predicted octanol–water partition coefficient (Wildman–Crippen LogP) is 4.20. The third-order valence-electron chi connectivity index (χ3n) is 3.14. The van der Waals surface area contributed by atoms with Crippen molar-refractivity contribution in [2.75, 3.05) is 0 Å². The lowest BCUT2D eigenvalue weighted by Crippen LogP contribution is -2.10. The van der Waals surface area contributed by atoms with E-state index in [2.05, 4.69) is 20.9 Å². The highest BCUT2D eigenvalue weighted by Crippen LogP contribution is 2.34. The van der Waals surface area contributed by atoms with Gasteiger partial charge in [0.2, 0.25) is 0 Å². The molecule has 21 heavy (non-hydrogen) atoms. The lowest BCUT2D eigenvalue weighted by atomic mass is 10.2. The van der Waals surface area contributed by atoms with Crippen LogP contribution >= 0.6 is 27.5 Å². The summed E-state index contributed by atoms with van der Waals surface area (Å²) in [6.45, 7) is -0.168. The van der Waals surface area contributed by atoms with Gasteiger partial charge in [0.15, 0.2) is 0 Å². The fourth-order valence-corrected chi connectivity index (χ4v) is 2.83. The van der Waals surface area contributed by atoms with Crippen LogP contribution in [0.25, 0.3) is 22.4 Å². The SMILES string of the molecule is O=C(O)Cn1c(-c2cccc(Br)c2Cl)nc2ccccc21. The molecule has 0 radical (unpaired) electrons. The van der Waals surface area contributed by atoms with Crippen molar-refractivity contribution in [3.8, 4) is 11.4 Å². The van der Waals surface area contributed by atoms with Crippen molar-refractivity contribution in [1.82, 2.24) is 9.55 Å². The Labute approximate surface area is 134 Å². The Morgan fingerprint density at radius 3 is 2.76 bits per heavy atom. The van der Waals surface area contributed by atoms with Crippen LogP contribution in [0, 0.1) is 0 Å². The molecular formula is C15H10BrClN2O2. The molecular weight excluding hydrogens is 356 g/mol. The van der Waals surface area contributed by atoms with Crippen LogP contribution in [0.5, 0.6) is 0 Å². The van der Waals surface area contributed by atoms with E-state index in [0.29, 0.717) is 16.4 Å². The van der Waals surface area contributed by atoms with Gasteiger partial charge in [-0.3, -0.25) is 4.79 Å². The summed E-state index contributed by atoms with van der Waals surface area (Å²) < 4.78 is 2.40. The first kappa shape index (κ1) is 14.1. The van der Waals surface area contributed by atoms with Gasteiger partial charge in [-0.25, -0.2) is 4.98 Å². The van der Waals surface area contributed by atoms with Crippen LogP contribution in [0.2, 0.25) is 5.02 Å². The Kier molecular flexibility index (Phi) is 3.69. The quantitative estimate of drug-likeness (QED) is 0.756. The molecule has 0 aliphatic carbocycles. The molecule has 0 atom stereocenters. The molecule has 4 nitrogen and oxygen atoms in total. The summed E-state index contributed by atoms with van der Waals surface area (Å²) in [6.07, 6.45) is 0. The van der Waals surface area contributed by atoms with Gasteiger partial charge in [0.05, 0.1) is 16.1 Å². The molecule has 3 rings (SSSR count). The van der Waals surface area contributed by atoms with Crippen molar-refractivity contribution in [2.24, 2.45) is 0 Å². The predicted molar refractivity (Wildman–Crippen MR) is 85.5 cm³/mol. The molecule has 0 amide bonds. The number of carbonyl (C=O) groups is 1. The number of carboxylic acid groups (broad SMARTS) is 1. The zero-order chi connectivity index (χ0) is 15.0. The second-order valence-corrected chi connectivity index (χ2v) is 5.74. The number of fused-ring (bicyclic) bond motifs is 1. The standard InChI is InChI=1S/C15H10BrClN2O2/c16-10-5-3-4-9(14(10)17)15-18-11-6-1-2-7-12(11)19(15)8-13(20)21/h1-7H,8H2,(H,20,21). The number of imidazole rings is 1. The van der Waals surface area contributed by atoms with E-state index in [0.717, 1.165) is 15.5 Å². The highest BCUT2D eigenvalue weighted by Gasteiger charge is 2.17. The minimum atomic E-state index is -0.925. The van der Waals surface area contributed by atoms with Gasteiger partial charge in [0, 0.05) is 10.0 Å². The van der Waals surface area contributed by atoms with Crippen LogP contribution in [-0.4, -0.2) is 20.6 Å². The normalized spacial score (nSPS) is 11.0. The minimum Gasteiger partial charge on any atom is -0.480 e. The number of carboxylic acids is 1. The van der Waals surface area contributed by atoms with Gasteiger partial charge in [-0.2, -0.15) is 0 Å². The van der Waals surface area contributed by atoms with Crippen LogP contribution in [0.1, 0.15) is 0 Å². The van der Waals surface area contributed by atoms with Gasteiger partial charge < -0.3 is 9.67 Å². The van der Waals surface area contributed by atoms with Gasteiger partial charge in [-0.1, -0.05) is 29.8 Å². The lowest BCUT2D eigenvalue weighted by Gasteiger charge is -2.08. The second kappa shape index (κ2) is 5.50. The van der Waals surface area contributed by atoms with Crippen molar-refractivity contribution < 1.29 is 9.90 Å². The van der Waals surface area contributed by atoms with E-state index in [1.807, 2.05) is 42.5 Å². The van der Waals surface area contributed by atoms with Crippen LogP contribution in [0.4, 0.5) is 0 Å². The number of hydrogen-bond acceptors (Lipinski definition) is 2. The van der Waals surface area contributed by atoms with Crippen molar-refractivity contribution >= 4 is 44.5 Å². The van der Waals surface area contributed by atoms with Crippen LogP contribution < -0.4 is 0 Å². The van der Waals surface area contributed by atoms with Gasteiger partial charge >= 0.3 is 5.97 Å². The molecule has 106 valence electrons. The van der Waals surface area contributed by atoms with E-state index >= 15 is 0 Å². The van der Waals surface area contributed by atoms with Gasteiger partial charge in [-0.05, 0) is 40.2 Å². The molecule has 1 aromatic heterocycles. The summed E-state index contributed by atoms with van der Waals surface area (Å²) in [6, 6.07) is 12.9. The molecule has 1 N–H and O–H groups in total. The zero-order valence-corrected chi connectivity index (χ0v) is 13.1. The first-order valence-electron chi connectivity index (χ1n) is 6.19. The van der Waals surface area contributed by atoms with E-state index in [9.17, 15) is 4.79 Å². The Balaban J connectivity index is 2.31. The summed E-state index contributed by atoms with van der Waals surface area (Å²) in [4.78, 5) is 15.7. The van der Waals surface area contributed by atoms with Crippen LogP contribution in [0.3, 0.4) is 0 Å². The van der Waals surface area contributed by atoms with Crippen LogP contribution in [0.15, 0.2) is 46.9 Å². The topological polar surface area (TPSA) is 55.1 Å². The largest absolute Gasteiger partial charge is 0.480 e. The van der Waals surface area contributed by atoms with Crippen molar-refractivity contribution in [2.45, 2.75) is 6.54 Å². The molecule has 3 aromatic rings. The average molecular weight is 366 g/mol. The van der Waals surface area contributed by atoms with Crippen molar-refractivity contribution in [3.63, 3.8) is 0 Å². The number of hydrogen-bond donors (Lipinski definition) is 1. The molecule has 0 saturated heterocycles. The summed E-state index contributed by atoms with van der Waals surface area (Å²) in [5.74, 6) is -0.379. The molecule has 0 fully saturated rings. The first-order valence-corrected chi connectivity index (χ1v) is 7.36. The Bertz CT molecular complexity index is 845. The van der Waals surface area contributed by atoms with E-state index in [-0.39, 0.29) is 6.54 Å². The smallest absolute Gasteiger partial charge is 0.323 e. The number of rotatable bonds is 3. The fraction of sp³-hybridized carbons (Fsp3) is 0.0667. The lowest BCUT2D eigenvalue weighted by molar-refractivity contribution is -0.137. The average Bonchev–Trinajstić information content (AvgIpc) is 2.80. The van der Waals surface area contributed by atoms with E-state index < -0.39 is 5.97 Å². The number of nitrogens with zero attached hydrogens (tertiary/aromatic N) is 2. The summed E-state index contributed by atoms with van der Waals surface area (Å²) in [5.41, 5.74) is 2.21. The maximum absolute atomic E-state index is 11.2. The highest BCUT2D eigenvalue weighted by atomic mass is 79.9. The van der Waals surface area contributed by atoms with Gasteiger partial charge in [0.25, 0.3) is 0 Å². The monoisotopic (exact) mass is 364 g/mol. The number of halogens is 2. The number of benzene rings is 2. The molecule has 0 saturated carbocycles. The molecule has 6 heteroatoms. The Morgan fingerprint density at radius 2 is 2.00 bits per heavy atom. The van der Waals surface area contributed by atoms with Gasteiger partial charge in [-0.15, -0.1) is 0 Å². The van der Waals surface area contributed by atoms with E-state index in [1.165, 1.54) is 0 Å². The fourth-order valence-electron chi connectivity index (χ4n) is 2.25. The molecule has 0 spiro atoms. The molecule has 0 bridgehead atoms. The molecule has 1 heterocycles. The van der Waals surface area contributed by atoms with Crippen LogP contribution in [-0.2, 0) is 11.3 Å². The molecule has 2 aromatic carbocycles. The van der Waals surface area contributed by atoms with Gasteiger partial charge in [0.1, 0.15) is 12.4 Å². The zero-order valence-electron chi connectivity index (χ0n) is 10.8. The third-order valence-corrected chi connectivity index (χ3v) is 4.44. The van der Waals surface area contributed by atoms with Crippen molar-refractivity contribution in [1.29, 1.82) is 0 Å². The summed E-state index contributed by atoms with van der Waals surface area (Å²) >= 11 is 9.69. The number of aliphatic carboxylic acids is 1.